The predicted molar refractivity (Wildman–Crippen MR) is 77.3 cm³/mol. The summed E-state index contributed by atoms with van der Waals surface area (Å²) in [4.78, 5) is 24.7. The van der Waals surface area contributed by atoms with Gasteiger partial charge in [-0.15, -0.1) is 0 Å². The van der Waals surface area contributed by atoms with Crippen LogP contribution in [-0.4, -0.2) is 50.6 Å². The quantitative estimate of drug-likeness (QED) is 0.839. The van der Waals surface area contributed by atoms with Crippen LogP contribution in [0.2, 0.25) is 0 Å². The Labute approximate surface area is 122 Å². The normalized spacial score (nSPS) is 17.4. The molecule has 0 fully saturated rings. The van der Waals surface area contributed by atoms with Crippen molar-refractivity contribution in [2.75, 3.05) is 30.0 Å². The molecule has 0 saturated heterocycles. The summed E-state index contributed by atoms with van der Waals surface area (Å²) in [6.45, 7) is 0.0352. The highest BCUT2D eigenvalue weighted by Crippen LogP contribution is 2.36. The van der Waals surface area contributed by atoms with E-state index in [0.29, 0.717) is 11.3 Å². The van der Waals surface area contributed by atoms with Crippen molar-refractivity contribution in [1.29, 1.82) is 0 Å². The minimum Gasteiger partial charge on any atom is -0.481 e. The molecule has 1 aromatic carbocycles. The van der Waals surface area contributed by atoms with Gasteiger partial charge in [0, 0.05) is 25.0 Å². The summed E-state index contributed by atoms with van der Waals surface area (Å²) in [7, 11) is -3.16. The van der Waals surface area contributed by atoms with Gasteiger partial charge in [-0.25, -0.2) is 13.2 Å². The molecule has 0 aromatic heterocycles. The zero-order valence-electron chi connectivity index (χ0n) is 11.4. The minimum absolute atomic E-state index is 0.00588. The maximum absolute atomic E-state index is 12.1. The molecule has 114 valence electrons. The number of amides is 2. The molecule has 21 heavy (non-hydrogen) atoms. The number of nitrogens with one attached hydrogen (secondary N) is 1. The largest absolute Gasteiger partial charge is 0.481 e. The average Bonchev–Trinajstić information content (AvgIpc) is 2.76. The van der Waals surface area contributed by atoms with Crippen molar-refractivity contribution in [2.45, 2.75) is 5.92 Å². The number of nitrogens with zero attached hydrogens (tertiary/aromatic N) is 1. The SMILES string of the molecule is CS(=O)(=O)CCNC(=O)N1CC(C(=O)O)c2ccccc21. The monoisotopic (exact) mass is 312 g/mol. The van der Waals surface area contributed by atoms with Gasteiger partial charge in [-0.3, -0.25) is 9.69 Å². The fourth-order valence-electron chi connectivity index (χ4n) is 2.25. The van der Waals surface area contributed by atoms with E-state index in [4.69, 9.17) is 0 Å². The number of hydrogen-bond donors (Lipinski definition) is 2. The fraction of sp³-hybridized carbons (Fsp3) is 0.385. The van der Waals surface area contributed by atoms with E-state index in [2.05, 4.69) is 5.32 Å². The van der Waals surface area contributed by atoms with Crippen molar-refractivity contribution in [2.24, 2.45) is 0 Å². The van der Waals surface area contributed by atoms with Gasteiger partial charge in [0.15, 0.2) is 0 Å². The van der Waals surface area contributed by atoms with Crippen LogP contribution in [-0.2, 0) is 14.6 Å². The third kappa shape index (κ3) is 3.52. The highest BCUT2D eigenvalue weighted by molar-refractivity contribution is 7.90. The van der Waals surface area contributed by atoms with Crippen LogP contribution in [0.15, 0.2) is 24.3 Å². The molecule has 2 rings (SSSR count). The summed E-state index contributed by atoms with van der Waals surface area (Å²) >= 11 is 0. The van der Waals surface area contributed by atoms with Gasteiger partial charge in [0.1, 0.15) is 15.8 Å². The van der Waals surface area contributed by atoms with E-state index < -0.39 is 27.8 Å². The summed E-state index contributed by atoms with van der Waals surface area (Å²) in [5, 5.41) is 11.7. The maximum Gasteiger partial charge on any atom is 0.321 e. The molecule has 0 radical (unpaired) electrons. The molecule has 2 amide bonds. The van der Waals surface area contributed by atoms with Gasteiger partial charge >= 0.3 is 12.0 Å². The van der Waals surface area contributed by atoms with Crippen molar-refractivity contribution in [1.82, 2.24) is 5.32 Å². The number of anilines is 1. The number of carboxylic acid groups (broad SMARTS) is 1. The number of sulfone groups is 1. The van der Waals surface area contributed by atoms with Crippen molar-refractivity contribution in [3.8, 4) is 0 Å². The summed E-state index contributed by atoms with van der Waals surface area (Å²) in [5.41, 5.74) is 1.13. The lowest BCUT2D eigenvalue weighted by Crippen LogP contribution is -2.41. The molecule has 8 heteroatoms. The number of benzene rings is 1. The second kappa shape index (κ2) is 5.72. The van der Waals surface area contributed by atoms with Gasteiger partial charge < -0.3 is 10.4 Å². The molecule has 0 saturated carbocycles. The topological polar surface area (TPSA) is 104 Å². The van der Waals surface area contributed by atoms with E-state index in [1.165, 1.54) is 4.90 Å². The van der Waals surface area contributed by atoms with Crippen LogP contribution in [0.1, 0.15) is 11.5 Å². The van der Waals surface area contributed by atoms with E-state index in [9.17, 15) is 23.1 Å². The number of carbonyl (C=O) groups excluding carboxylic acids is 1. The van der Waals surface area contributed by atoms with Crippen molar-refractivity contribution in [3.63, 3.8) is 0 Å². The van der Waals surface area contributed by atoms with Crippen LogP contribution < -0.4 is 10.2 Å². The van der Waals surface area contributed by atoms with Crippen molar-refractivity contribution >= 4 is 27.5 Å². The molecule has 1 unspecified atom stereocenters. The Hall–Kier alpha value is -2.09. The Morgan fingerprint density at radius 2 is 2.05 bits per heavy atom. The number of para-hydroxylation sites is 1. The minimum atomic E-state index is -3.16. The van der Waals surface area contributed by atoms with E-state index in [-0.39, 0.29) is 18.8 Å². The molecule has 0 bridgehead atoms. The second-order valence-electron chi connectivity index (χ2n) is 4.92. The zero-order valence-corrected chi connectivity index (χ0v) is 12.3. The Morgan fingerprint density at radius 3 is 2.67 bits per heavy atom. The Kier molecular flexibility index (Phi) is 4.17. The van der Waals surface area contributed by atoms with Crippen LogP contribution in [0.3, 0.4) is 0 Å². The number of hydrogen-bond acceptors (Lipinski definition) is 4. The second-order valence-corrected chi connectivity index (χ2v) is 7.18. The molecule has 0 aliphatic carbocycles. The Balaban J connectivity index is 2.11. The van der Waals surface area contributed by atoms with E-state index in [1.807, 2.05) is 0 Å². The fourth-order valence-corrected chi connectivity index (χ4v) is 2.72. The molecule has 1 heterocycles. The van der Waals surface area contributed by atoms with Crippen LogP contribution >= 0.6 is 0 Å². The molecular formula is C13H16N2O5S. The zero-order chi connectivity index (χ0) is 15.6. The Bertz CT molecular complexity index is 671. The average molecular weight is 312 g/mol. The van der Waals surface area contributed by atoms with Crippen molar-refractivity contribution in [3.05, 3.63) is 29.8 Å². The number of carboxylic acids is 1. The van der Waals surface area contributed by atoms with Gasteiger partial charge in [0.2, 0.25) is 0 Å². The van der Waals surface area contributed by atoms with Gasteiger partial charge in [-0.1, -0.05) is 18.2 Å². The van der Waals surface area contributed by atoms with Crippen LogP contribution in [0.5, 0.6) is 0 Å². The summed E-state index contributed by atoms with van der Waals surface area (Å²) in [6, 6.07) is 6.31. The summed E-state index contributed by atoms with van der Waals surface area (Å²) < 4.78 is 22.1. The third-order valence-electron chi connectivity index (χ3n) is 3.26. The lowest BCUT2D eigenvalue weighted by molar-refractivity contribution is -0.138. The lowest BCUT2D eigenvalue weighted by Gasteiger charge is -2.18. The predicted octanol–water partition coefficient (Wildman–Crippen LogP) is 0.429. The first-order valence-electron chi connectivity index (χ1n) is 6.34. The molecule has 1 aliphatic rings. The Morgan fingerprint density at radius 1 is 1.38 bits per heavy atom. The molecule has 0 spiro atoms. The maximum atomic E-state index is 12.1. The number of aliphatic carboxylic acids is 1. The lowest BCUT2D eigenvalue weighted by atomic mass is 10.0. The van der Waals surface area contributed by atoms with E-state index in [1.54, 1.807) is 24.3 Å². The third-order valence-corrected chi connectivity index (χ3v) is 4.21. The summed E-state index contributed by atoms with van der Waals surface area (Å²) in [6.07, 6.45) is 1.09. The van der Waals surface area contributed by atoms with Gasteiger partial charge in [0.05, 0.1) is 5.75 Å². The number of rotatable bonds is 4. The van der Waals surface area contributed by atoms with E-state index >= 15 is 0 Å². The first-order chi connectivity index (χ1) is 9.79. The van der Waals surface area contributed by atoms with Crippen LogP contribution in [0.25, 0.3) is 0 Å². The number of fused-ring (bicyclic) bond motifs is 1. The summed E-state index contributed by atoms with van der Waals surface area (Å²) in [5.74, 6) is -1.91. The molecule has 2 N–H and O–H groups in total. The first-order valence-corrected chi connectivity index (χ1v) is 8.40. The molecule has 1 aliphatic heterocycles. The van der Waals surface area contributed by atoms with Crippen LogP contribution in [0.4, 0.5) is 10.5 Å². The highest BCUT2D eigenvalue weighted by atomic mass is 32.2. The molecule has 1 atom stereocenters. The standard InChI is InChI=1S/C13H16N2O5S/c1-21(19,20)7-6-14-13(18)15-8-10(12(16)17)9-4-2-3-5-11(9)15/h2-5,10H,6-8H2,1H3,(H,14,18)(H,16,17). The van der Waals surface area contributed by atoms with Gasteiger partial charge in [0.25, 0.3) is 0 Å². The van der Waals surface area contributed by atoms with Crippen molar-refractivity contribution < 1.29 is 23.1 Å². The number of carbonyl (C=O) groups is 2. The molecular weight excluding hydrogens is 296 g/mol. The van der Waals surface area contributed by atoms with Gasteiger partial charge in [-0.2, -0.15) is 0 Å². The van der Waals surface area contributed by atoms with Crippen LogP contribution in [0, 0.1) is 0 Å². The highest BCUT2D eigenvalue weighted by Gasteiger charge is 2.36. The first kappa shape index (κ1) is 15.3. The van der Waals surface area contributed by atoms with E-state index in [0.717, 1.165) is 6.26 Å². The smallest absolute Gasteiger partial charge is 0.321 e. The number of urea groups is 1. The molecule has 1 aromatic rings. The van der Waals surface area contributed by atoms with Gasteiger partial charge in [-0.05, 0) is 11.6 Å². The molecule has 7 nitrogen and oxygen atoms in total.